The van der Waals surface area contributed by atoms with Gasteiger partial charge < -0.3 is 9.84 Å². The predicted octanol–water partition coefficient (Wildman–Crippen LogP) is 6.41. The third kappa shape index (κ3) is 3.40. The Balaban J connectivity index is 1.45. The summed E-state index contributed by atoms with van der Waals surface area (Å²) in [6, 6.07) is 17.6. The van der Waals surface area contributed by atoms with Gasteiger partial charge in [-0.3, -0.25) is 0 Å². The molecule has 0 aromatic heterocycles. The summed E-state index contributed by atoms with van der Waals surface area (Å²) in [6.45, 7) is 0. The maximum absolute atomic E-state index is 11.9. The summed E-state index contributed by atoms with van der Waals surface area (Å²) in [5.41, 5.74) is 3.27. The molecule has 4 aliphatic carbocycles. The van der Waals surface area contributed by atoms with Gasteiger partial charge in [-0.15, -0.1) is 0 Å². The van der Waals surface area contributed by atoms with Gasteiger partial charge in [-0.25, -0.2) is 4.79 Å². The molecule has 1 N–H and O–H groups in total. The van der Waals surface area contributed by atoms with Crippen molar-refractivity contribution in [1.82, 2.24) is 0 Å². The van der Waals surface area contributed by atoms with Crippen molar-refractivity contribution in [2.24, 2.45) is 17.8 Å². The van der Waals surface area contributed by atoms with Gasteiger partial charge in [0, 0.05) is 16.7 Å². The Kier molecular flexibility index (Phi) is 4.73. The zero-order valence-corrected chi connectivity index (χ0v) is 18.9. The molecule has 3 nitrogen and oxygen atoms in total. The number of fused-ring (bicyclic) bond motifs is 1. The van der Waals surface area contributed by atoms with Crippen LogP contribution in [0.25, 0.3) is 10.8 Å². The molecule has 7 rings (SSSR count). The van der Waals surface area contributed by atoms with Crippen molar-refractivity contribution in [1.29, 1.82) is 0 Å². The number of aromatic carboxylic acids is 1. The summed E-state index contributed by atoms with van der Waals surface area (Å²) in [5, 5.41) is 11.6. The predicted molar refractivity (Wildman–Crippen MR) is 130 cm³/mol. The van der Waals surface area contributed by atoms with E-state index in [4.69, 9.17) is 4.74 Å². The maximum Gasteiger partial charge on any atom is 0.336 e. The molecule has 0 unspecified atom stereocenters. The normalized spacial score (nSPS) is 27.2. The first-order valence-electron chi connectivity index (χ1n) is 12.0. The molecule has 3 aromatic rings. The lowest BCUT2D eigenvalue weighted by Crippen LogP contribution is -2.48. The minimum absolute atomic E-state index is 0.212. The summed E-state index contributed by atoms with van der Waals surface area (Å²) in [7, 11) is 1.76. The number of hydrogen-bond donors (Lipinski definition) is 1. The van der Waals surface area contributed by atoms with Crippen molar-refractivity contribution in [3.05, 3.63) is 76.9 Å². The Hall–Kier alpha value is -3.25. The van der Waals surface area contributed by atoms with Crippen LogP contribution in [0.1, 0.15) is 65.6 Å². The fourth-order valence-electron chi connectivity index (χ4n) is 7.36. The molecule has 0 radical (unpaired) electrons. The fraction of sp³-hybridized carbons (Fsp3) is 0.367. The highest BCUT2D eigenvalue weighted by Gasteiger charge is 2.52. The van der Waals surface area contributed by atoms with E-state index in [-0.39, 0.29) is 11.0 Å². The van der Waals surface area contributed by atoms with Gasteiger partial charge in [0.1, 0.15) is 5.75 Å². The van der Waals surface area contributed by atoms with Crippen molar-refractivity contribution >= 4 is 16.7 Å². The van der Waals surface area contributed by atoms with E-state index in [1.807, 2.05) is 36.4 Å². The van der Waals surface area contributed by atoms with E-state index >= 15 is 0 Å². The molecule has 166 valence electrons. The molecule has 4 bridgehead atoms. The van der Waals surface area contributed by atoms with E-state index in [1.165, 1.54) is 44.1 Å². The first-order valence-corrected chi connectivity index (χ1v) is 12.0. The molecule has 4 aliphatic rings. The minimum atomic E-state index is -0.950. The standard InChI is InChI=1S/C30H28O3/c1-33-28-11-7-19(15-27(28)30-16-20-12-21(17-30)14-22(13-20)18-30)6-9-25-24-5-3-2-4-23(24)8-10-26(25)29(31)32/h2-5,7-8,10-11,15,20-22H,12-14,16-18H2,1H3,(H,31,32). The second-order valence-electron chi connectivity index (χ2n) is 10.4. The highest BCUT2D eigenvalue weighted by atomic mass is 16.5. The first-order chi connectivity index (χ1) is 16.0. The third-order valence-electron chi connectivity index (χ3n) is 8.30. The van der Waals surface area contributed by atoms with E-state index in [1.54, 1.807) is 13.2 Å². The summed E-state index contributed by atoms with van der Waals surface area (Å²) in [4.78, 5) is 11.9. The quantitative estimate of drug-likeness (QED) is 0.482. The largest absolute Gasteiger partial charge is 0.496 e. The summed E-state index contributed by atoms with van der Waals surface area (Å²) in [5.74, 6) is 9.10. The second-order valence-corrected chi connectivity index (χ2v) is 10.4. The number of hydrogen-bond acceptors (Lipinski definition) is 2. The molecule has 0 saturated heterocycles. The van der Waals surface area contributed by atoms with Gasteiger partial charge in [-0.05, 0) is 96.7 Å². The van der Waals surface area contributed by atoms with Crippen LogP contribution in [-0.4, -0.2) is 18.2 Å². The Morgan fingerprint density at radius 3 is 2.30 bits per heavy atom. The van der Waals surface area contributed by atoms with Gasteiger partial charge in [-0.1, -0.05) is 42.2 Å². The van der Waals surface area contributed by atoms with E-state index < -0.39 is 5.97 Å². The van der Waals surface area contributed by atoms with Crippen LogP contribution >= 0.6 is 0 Å². The van der Waals surface area contributed by atoms with Crippen LogP contribution in [0.3, 0.4) is 0 Å². The van der Waals surface area contributed by atoms with Gasteiger partial charge in [0.25, 0.3) is 0 Å². The molecule has 0 spiro atoms. The van der Waals surface area contributed by atoms with E-state index in [0.717, 1.165) is 39.8 Å². The average Bonchev–Trinajstić information content (AvgIpc) is 2.81. The number of benzene rings is 3. The highest BCUT2D eigenvalue weighted by molar-refractivity contribution is 6.00. The zero-order chi connectivity index (χ0) is 22.6. The molecule has 0 aliphatic heterocycles. The third-order valence-corrected chi connectivity index (χ3v) is 8.30. The second kappa shape index (κ2) is 7.66. The number of methoxy groups -OCH3 is 1. The number of ether oxygens (including phenoxy) is 1. The highest BCUT2D eigenvalue weighted by Crippen LogP contribution is 2.61. The van der Waals surface area contributed by atoms with Gasteiger partial charge >= 0.3 is 5.97 Å². The molecule has 4 saturated carbocycles. The van der Waals surface area contributed by atoms with Gasteiger partial charge in [0.15, 0.2) is 0 Å². The maximum atomic E-state index is 11.9. The van der Waals surface area contributed by atoms with Gasteiger partial charge in [-0.2, -0.15) is 0 Å². The summed E-state index contributed by atoms with van der Waals surface area (Å²) >= 11 is 0. The van der Waals surface area contributed by atoms with E-state index in [2.05, 4.69) is 24.0 Å². The van der Waals surface area contributed by atoms with E-state index in [0.29, 0.717) is 5.56 Å². The smallest absolute Gasteiger partial charge is 0.336 e. The van der Waals surface area contributed by atoms with Crippen LogP contribution in [0.4, 0.5) is 0 Å². The Morgan fingerprint density at radius 2 is 1.64 bits per heavy atom. The zero-order valence-electron chi connectivity index (χ0n) is 18.9. The molecule has 3 aromatic carbocycles. The molecule has 33 heavy (non-hydrogen) atoms. The monoisotopic (exact) mass is 436 g/mol. The number of rotatable bonds is 3. The number of carboxylic acid groups (broad SMARTS) is 1. The lowest BCUT2D eigenvalue weighted by atomic mass is 9.48. The number of carboxylic acids is 1. The molecule has 4 fully saturated rings. The van der Waals surface area contributed by atoms with E-state index in [9.17, 15) is 9.90 Å². The first kappa shape index (κ1) is 20.4. The molecule has 0 amide bonds. The number of carbonyl (C=O) groups is 1. The molecular formula is C30H28O3. The van der Waals surface area contributed by atoms with Crippen molar-refractivity contribution in [2.45, 2.75) is 43.9 Å². The summed E-state index contributed by atoms with van der Waals surface area (Å²) in [6.07, 6.45) is 8.00. The van der Waals surface area contributed by atoms with Gasteiger partial charge in [0.2, 0.25) is 0 Å². The van der Waals surface area contributed by atoms with Crippen LogP contribution in [0.15, 0.2) is 54.6 Å². The van der Waals surface area contributed by atoms with Crippen molar-refractivity contribution in [3.8, 4) is 17.6 Å². The Morgan fingerprint density at radius 1 is 0.939 bits per heavy atom. The SMILES string of the molecule is COc1ccc(C#Cc2c(C(=O)O)ccc3ccccc23)cc1C12CC3CC(CC(C3)C1)C2. The van der Waals surface area contributed by atoms with Gasteiger partial charge in [0.05, 0.1) is 12.7 Å². The van der Waals surface area contributed by atoms with Crippen molar-refractivity contribution in [3.63, 3.8) is 0 Å². The summed E-state index contributed by atoms with van der Waals surface area (Å²) < 4.78 is 5.83. The fourth-order valence-corrected chi connectivity index (χ4v) is 7.36. The lowest BCUT2D eigenvalue weighted by molar-refractivity contribution is -0.00616. The van der Waals surface area contributed by atoms with Crippen LogP contribution in [-0.2, 0) is 5.41 Å². The van der Waals surface area contributed by atoms with Crippen molar-refractivity contribution < 1.29 is 14.6 Å². The topological polar surface area (TPSA) is 46.5 Å². The Labute approximate surface area is 194 Å². The molecule has 0 heterocycles. The molecule has 0 atom stereocenters. The van der Waals surface area contributed by atoms with Crippen molar-refractivity contribution in [2.75, 3.05) is 7.11 Å². The van der Waals surface area contributed by atoms with Crippen LogP contribution < -0.4 is 4.74 Å². The van der Waals surface area contributed by atoms with Crippen LogP contribution in [0.2, 0.25) is 0 Å². The lowest BCUT2D eigenvalue weighted by Gasteiger charge is -2.57. The Bertz CT molecular complexity index is 1290. The minimum Gasteiger partial charge on any atom is -0.496 e. The molecular weight excluding hydrogens is 408 g/mol. The van der Waals surface area contributed by atoms with Crippen LogP contribution in [0.5, 0.6) is 5.75 Å². The van der Waals surface area contributed by atoms with Crippen LogP contribution in [0, 0.1) is 29.6 Å². The molecule has 3 heteroatoms. The average molecular weight is 437 g/mol.